The Hall–Kier alpha value is -2.49. The monoisotopic (exact) mass is 393 g/mol. The molecule has 1 aromatic rings. The third kappa shape index (κ3) is 6.91. The van der Waals surface area contributed by atoms with Crippen LogP contribution in [0.3, 0.4) is 0 Å². The van der Waals surface area contributed by atoms with Crippen molar-refractivity contribution in [1.82, 2.24) is 5.32 Å². The molecule has 3 amide bonds. The molecule has 1 aromatic carbocycles. The van der Waals surface area contributed by atoms with Crippen LogP contribution >= 0.6 is 0 Å². The van der Waals surface area contributed by atoms with Crippen LogP contribution in [0, 0.1) is 0 Å². The molecule has 1 heterocycles. The topological polar surface area (TPSA) is 143 Å². The molecule has 0 bridgehead atoms. The molecule has 0 radical (unpaired) electrons. The summed E-state index contributed by atoms with van der Waals surface area (Å²) in [6, 6.07) is 6.85. The van der Waals surface area contributed by atoms with E-state index in [0.29, 0.717) is 58.0 Å². The molecule has 28 heavy (non-hydrogen) atoms. The number of amides is 3. The van der Waals surface area contributed by atoms with Crippen molar-refractivity contribution >= 4 is 17.7 Å². The highest BCUT2D eigenvalue weighted by atomic mass is 16.5. The van der Waals surface area contributed by atoms with Gasteiger partial charge in [0.05, 0.1) is 32.3 Å². The molecular weight excluding hydrogens is 366 g/mol. The van der Waals surface area contributed by atoms with E-state index in [2.05, 4.69) is 5.32 Å². The number of ether oxygens (including phenoxy) is 3. The number of hydrogen-bond donors (Lipinski definition) is 3. The molecule has 0 saturated carbocycles. The fraction of sp³-hybridized carbons (Fsp3) is 0.526. The second-order valence-corrected chi connectivity index (χ2v) is 6.38. The number of imide groups is 1. The second-order valence-electron chi connectivity index (χ2n) is 6.38. The van der Waals surface area contributed by atoms with Gasteiger partial charge in [-0.1, -0.05) is 12.1 Å². The van der Waals surface area contributed by atoms with E-state index >= 15 is 0 Å². The summed E-state index contributed by atoms with van der Waals surface area (Å²) < 4.78 is 16.2. The number of primary amides is 1. The molecule has 154 valence electrons. The maximum Gasteiger partial charge on any atom is 0.258 e. The van der Waals surface area contributed by atoms with E-state index in [1.165, 1.54) is 0 Å². The molecule has 2 unspecified atom stereocenters. The average Bonchev–Trinajstić information content (AvgIpc) is 2.67. The first-order valence-electron chi connectivity index (χ1n) is 9.26. The number of rotatable bonds is 12. The number of carbonyl (C=O) groups is 3. The molecular formula is C19H27N3O6. The Morgan fingerprint density at radius 3 is 2.39 bits per heavy atom. The van der Waals surface area contributed by atoms with Crippen molar-refractivity contribution < 1.29 is 28.6 Å². The van der Waals surface area contributed by atoms with Crippen LogP contribution in [0.4, 0.5) is 0 Å². The summed E-state index contributed by atoms with van der Waals surface area (Å²) in [6.07, 6.45) is 0.268. The van der Waals surface area contributed by atoms with Gasteiger partial charge >= 0.3 is 0 Å². The third-order valence-corrected chi connectivity index (χ3v) is 4.28. The highest BCUT2D eigenvalue weighted by molar-refractivity contribution is 6.00. The molecule has 0 spiro atoms. The van der Waals surface area contributed by atoms with Gasteiger partial charge < -0.3 is 25.7 Å². The highest BCUT2D eigenvalue weighted by Gasteiger charge is 2.28. The predicted octanol–water partition coefficient (Wildman–Crippen LogP) is -0.178. The Labute approximate surface area is 163 Å². The summed E-state index contributed by atoms with van der Waals surface area (Å²) >= 11 is 0. The van der Waals surface area contributed by atoms with Crippen molar-refractivity contribution in [3.05, 3.63) is 29.8 Å². The van der Waals surface area contributed by atoms with Crippen molar-refractivity contribution in [3.8, 4) is 5.75 Å². The van der Waals surface area contributed by atoms with Gasteiger partial charge in [-0.15, -0.1) is 0 Å². The van der Waals surface area contributed by atoms with Crippen LogP contribution in [-0.4, -0.2) is 56.8 Å². The Balaban J connectivity index is 1.81. The molecule has 0 aromatic heterocycles. The van der Waals surface area contributed by atoms with E-state index in [-0.39, 0.29) is 17.7 Å². The van der Waals surface area contributed by atoms with E-state index < -0.39 is 12.0 Å². The molecule has 1 saturated heterocycles. The molecule has 1 aliphatic rings. The second kappa shape index (κ2) is 11.4. The van der Waals surface area contributed by atoms with Crippen molar-refractivity contribution in [3.63, 3.8) is 0 Å². The van der Waals surface area contributed by atoms with Crippen molar-refractivity contribution in [2.75, 3.05) is 33.0 Å². The first kappa shape index (κ1) is 21.8. The highest BCUT2D eigenvalue weighted by Crippen LogP contribution is 2.26. The maximum absolute atomic E-state index is 11.9. The Bertz CT molecular complexity index is 664. The lowest BCUT2D eigenvalue weighted by Gasteiger charge is -2.21. The number of piperidine rings is 1. The summed E-state index contributed by atoms with van der Waals surface area (Å²) in [4.78, 5) is 34.8. The molecule has 1 aliphatic heterocycles. The van der Waals surface area contributed by atoms with Crippen LogP contribution in [0.15, 0.2) is 24.3 Å². The van der Waals surface area contributed by atoms with Gasteiger partial charge in [0.15, 0.2) is 6.10 Å². The number of nitrogens with two attached hydrogens (primary N) is 2. The zero-order valence-corrected chi connectivity index (χ0v) is 15.7. The van der Waals surface area contributed by atoms with Crippen LogP contribution < -0.4 is 21.5 Å². The van der Waals surface area contributed by atoms with Gasteiger partial charge in [0.1, 0.15) is 5.75 Å². The van der Waals surface area contributed by atoms with E-state index in [4.69, 9.17) is 25.7 Å². The summed E-state index contributed by atoms with van der Waals surface area (Å²) in [5.41, 5.74) is 11.5. The first-order valence-corrected chi connectivity index (χ1v) is 9.26. The predicted molar refractivity (Wildman–Crippen MR) is 100 cm³/mol. The van der Waals surface area contributed by atoms with Crippen molar-refractivity contribution in [2.45, 2.75) is 31.3 Å². The fourth-order valence-corrected chi connectivity index (χ4v) is 2.81. The molecule has 0 aliphatic carbocycles. The first-order chi connectivity index (χ1) is 13.5. The number of benzene rings is 1. The molecule has 2 rings (SSSR count). The summed E-state index contributed by atoms with van der Waals surface area (Å²) in [7, 11) is 0. The average molecular weight is 393 g/mol. The van der Waals surface area contributed by atoms with Crippen molar-refractivity contribution in [2.24, 2.45) is 11.5 Å². The molecule has 5 N–H and O–H groups in total. The molecule has 2 atom stereocenters. The van der Waals surface area contributed by atoms with E-state index in [0.717, 1.165) is 5.56 Å². The minimum absolute atomic E-state index is 0.251. The zero-order valence-electron chi connectivity index (χ0n) is 15.7. The van der Waals surface area contributed by atoms with Gasteiger partial charge in [-0.05, 0) is 24.1 Å². The lowest BCUT2D eigenvalue weighted by atomic mass is 9.90. The van der Waals surface area contributed by atoms with E-state index in [9.17, 15) is 14.4 Å². The van der Waals surface area contributed by atoms with Gasteiger partial charge in [0.25, 0.3) is 5.91 Å². The van der Waals surface area contributed by atoms with Gasteiger partial charge in [0, 0.05) is 19.4 Å². The van der Waals surface area contributed by atoms with Gasteiger partial charge in [-0.3, -0.25) is 19.7 Å². The maximum atomic E-state index is 11.9. The van der Waals surface area contributed by atoms with Crippen LogP contribution in [-0.2, 0) is 23.9 Å². The number of nitrogens with one attached hydrogen (secondary N) is 1. The lowest BCUT2D eigenvalue weighted by Crippen LogP contribution is -2.39. The Kier molecular flexibility index (Phi) is 8.86. The third-order valence-electron chi connectivity index (χ3n) is 4.28. The van der Waals surface area contributed by atoms with Crippen LogP contribution in [0.2, 0.25) is 0 Å². The van der Waals surface area contributed by atoms with Crippen LogP contribution in [0.1, 0.15) is 30.7 Å². The Morgan fingerprint density at radius 2 is 1.79 bits per heavy atom. The summed E-state index contributed by atoms with van der Waals surface area (Å²) in [5.74, 6) is -1.04. The fourth-order valence-electron chi connectivity index (χ4n) is 2.81. The van der Waals surface area contributed by atoms with Crippen molar-refractivity contribution in [1.29, 1.82) is 0 Å². The van der Waals surface area contributed by atoms with E-state index in [1.807, 2.05) is 0 Å². The molecule has 9 nitrogen and oxygen atoms in total. The lowest BCUT2D eigenvalue weighted by molar-refractivity contribution is -0.134. The van der Waals surface area contributed by atoms with Gasteiger partial charge in [-0.25, -0.2) is 0 Å². The van der Waals surface area contributed by atoms with Crippen LogP contribution in [0.25, 0.3) is 0 Å². The molecule has 9 heteroatoms. The molecule has 1 fully saturated rings. The number of carbonyl (C=O) groups excluding carboxylic acids is 3. The minimum Gasteiger partial charge on any atom is -0.481 e. The standard InChI is InChI=1S/C19H27N3O6/c20-8-10-27-12-11-26-9-7-16(18(21)24)28-14-3-1-13(2-4-14)15-5-6-17(23)22-19(15)25/h1-4,15-16H,5-12,20H2,(H2,21,24)(H,22,23,25). The Morgan fingerprint density at radius 1 is 1.11 bits per heavy atom. The normalized spacial score (nSPS) is 17.8. The van der Waals surface area contributed by atoms with E-state index in [1.54, 1.807) is 24.3 Å². The van der Waals surface area contributed by atoms with Crippen LogP contribution in [0.5, 0.6) is 5.75 Å². The summed E-state index contributed by atoms with van der Waals surface area (Å²) in [5, 5.41) is 2.33. The number of hydrogen-bond acceptors (Lipinski definition) is 7. The summed E-state index contributed by atoms with van der Waals surface area (Å²) in [6.45, 7) is 2.06. The van der Waals surface area contributed by atoms with Gasteiger partial charge in [0.2, 0.25) is 11.8 Å². The zero-order chi connectivity index (χ0) is 20.4. The smallest absolute Gasteiger partial charge is 0.258 e. The largest absolute Gasteiger partial charge is 0.481 e. The van der Waals surface area contributed by atoms with Gasteiger partial charge in [-0.2, -0.15) is 0 Å². The minimum atomic E-state index is -0.827. The SMILES string of the molecule is NCCOCCOCCC(Oc1ccc(C2CCC(=O)NC2=O)cc1)C(N)=O. The quantitative estimate of drug-likeness (QED) is 0.330.